The van der Waals surface area contributed by atoms with Gasteiger partial charge in [0.05, 0.1) is 18.6 Å². The number of hydrogen-bond acceptors (Lipinski definition) is 6. The number of carbonyl (C=O) groups is 2. The highest BCUT2D eigenvalue weighted by molar-refractivity contribution is 5.95. The molecule has 3 aromatic carbocycles. The van der Waals surface area contributed by atoms with Gasteiger partial charge in [0.15, 0.2) is 0 Å². The molecule has 35 heavy (non-hydrogen) atoms. The Labute approximate surface area is 204 Å². The highest BCUT2D eigenvalue weighted by atomic mass is 16.5. The van der Waals surface area contributed by atoms with Gasteiger partial charge in [-0.15, -0.1) is 10.2 Å². The largest absolute Gasteiger partial charge is 0.463 e. The van der Waals surface area contributed by atoms with Crippen LogP contribution in [0, 0.1) is 6.92 Å². The van der Waals surface area contributed by atoms with E-state index in [0.29, 0.717) is 22.9 Å². The molecule has 1 atom stereocenters. The van der Waals surface area contributed by atoms with Gasteiger partial charge in [-0.2, -0.15) is 0 Å². The fraction of sp³-hybridized carbons (Fsp3) is 0.214. The van der Waals surface area contributed by atoms with Crippen LogP contribution in [0.5, 0.6) is 0 Å². The second-order valence-corrected chi connectivity index (χ2v) is 8.48. The van der Waals surface area contributed by atoms with E-state index in [9.17, 15) is 9.59 Å². The van der Waals surface area contributed by atoms with Crippen molar-refractivity contribution in [2.45, 2.75) is 39.3 Å². The van der Waals surface area contributed by atoms with Crippen molar-refractivity contribution in [3.8, 4) is 22.9 Å². The van der Waals surface area contributed by atoms with Crippen molar-refractivity contribution < 1.29 is 18.7 Å². The Hall–Kier alpha value is -4.26. The van der Waals surface area contributed by atoms with Crippen molar-refractivity contribution in [3.05, 3.63) is 95.6 Å². The summed E-state index contributed by atoms with van der Waals surface area (Å²) in [5.74, 6) is 0.145. The first-order valence-electron chi connectivity index (χ1n) is 11.5. The second kappa shape index (κ2) is 10.8. The molecule has 1 aromatic heterocycles. The first-order chi connectivity index (χ1) is 16.9. The van der Waals surface area contributed by atoms with E-state index in [0.717, 1.165) is 16.7 Å². The fourth-order valence-electron chi connectivity index (χ4n) is 3.68. The summed E-state index contributed by atoms with van der Waals surface area (Å²) >= 11 is 0. The van der Waals surface area contributed by atoms with Crippen LogP contribution < -0.4 is 5.32 Å². The number of amides is 1. The molecule has 0 bridgehead atoms. The van der Waals surface area contributed by atoms with Crippen LogP contribution in [0.25, 0.3) is 22.9 Å². The van der Waals surface area contributed by atoms with Gasteiger partial charge < -0.3 is 14.5 Å². The molecule has 1 heterocycles. The molecule has 1 N–H and O–H groups in total. The van der Waals surface area contributed by atoms with Crippen molar-refractivity contribution in [1.82, 2.24) is 15.5 Å². The molecule has 0 aliphatic carbocycles. The molecule has 1 unspecified atom stereocenters. The van der Waals surface area contributed by atoms with Crippen LogP contribution in [0.4, 0.5) is 0 Å². The minimum atomic E-state index is -0.512. The number of carbonyl (C=O) groups excluding carboxylic acids is 2. The molecule has 0 saturated carbocycles. The number of aryl methyl sites for hydroxylation is 1. The lowest BCUT2D eigenvalue weighted by Crippen LogP contribution is -2.31. The SMILES string of the molecule is Cc1ccccc1-c1nnc(-c2ccc(C(=O)NC(CC(=O)OC(C)C)c3ccccc3)cc2)o1. The third-order valence-electron chi connectivity index (χ3n) is 5.44. The van der Waals surface area contributed by atoms with Gasteiger partial charge in [0.1, 0.15) is 0 Å². The summed E-state index contributed by atoms with van der Waals surface area (Å²) < 4.78 is 11.1. The summed E-state index contributed by atoms with van der Waals surface area (Å²) in [6, 6.07) is 23.5. The maximum atomic E-state index is 13.0. The van der Waals surface area contributed by atoms with Gasteiger partial charge in [-0.3, -0.25) is 9.59 Å². The molecule has 0 aliphatic heterocycles. The van der Waals surface area contributed by atoms with Crippen LogP contribution in [0.15, 0.2) is 83.3 Å². The van der Waals surface area contributed by atoms with E-state index < -0.39 is 6.04 Å². The minimum absolute atomic E-state index is 0.0374. The minimum Gasteiger partial charge on any atom is -0.463 e. The van der Waals surface area contributed by atoms with Gasteiger partial charge in [0.25, 0.3) is 5.91 Å². The van der Waals surface area contributed by atoms with E-state index in [1.54, 1.807) is 38.1 Å². The second-order valence-electron chi connectivity index (χ2n) is 8.48. The molecular formula is C28H27N3O4. The predicted octanol–water partition coefficient (Wildman–Crippen LogP) is 5.52. The third-order valence-corrected chi connectivity index (χ3v) is 5.44. The Morgan fingerprint density at radius 1 is 0.886 bits per heavy atom. The number of ether oxygens (including phenoxy) is 1. The first-order valence-corrected chi connectivity index (χ1v) is 11.5. The predicted molar refractivity (Wildman–Crippen MR) is 132 cm³/mol. The van der Waals surface area contributed by atoms with Crippen molar-refractivity contribution in [2.24, 2.45) is 0 Å². The molecule has 0 fully saturated rings. The lowest BCUT2D eigenvalue weighted by atomic mass is 10.0. The Bertz CT molecular complexity index is 1300. The highest BCUT2D eigenvalue weighted by Crippen LogP contribution is 2.26. The number of nitrogens with zero attached hydrogens (tertiary/aromatic N) is 2. The molecule has 0 spiro atoms. The van der Waals surface area contributed by atoms with Crippen LogP contribution in [0.3, 0.4) is 0 Å². The molecule has 0 aliphatic rings. The van der Waals surface area contributed by atoms with E-state index >= 15 is 0 Å². The lowest BCUT2D eigenvalue weighted by molar-refractivity contribution is -0.147. The average Bonchev–Trinajstić information content (AvgIpc) is 3.34. The Balaban J connectivity index is 1.49. The van der Waals surface area contributed by atoms with Gasteiger partial charge in [0, 0.05) is 16.7 Å². The van der Waals surface area contributed by atoms with Gasteiger partial charge in [-0.25, -0.2) is 0 Å². The zero-order valence-corrected chi connectivity index (χ0v) is 19.9. The first kappa shape index (κ1) is 23.9. The van der Waals surface area contributed by atoms with Crippen LogP contribution >= 0.6 is 0 Å². The normalized spacial score (nSPS) is 11.8. The molecule has 7 nitrogen and oxygen atoms in total. The van der Waals surface area contributed by atoms with E-state index in [-0.39, 0.29) is 24.4 Å². The molecule has 4 aromatic rings. The van der Waals surface area contributed by atoms with Crippen LogP contribution in [-0.2, 0) is 9.53 Å². The summed E-state index contributed by atoms with van der Waals surface area (Å²) in [7, 11) is 0. The van der Waals surface area contributed by atoms with Crippen molar-refractivity contribution in [3.63, 3.8) is 0 Å². The quantitative estimate of drug-likeness (QED) is 0.341. The number of nitrogens with one attached hydrogen (secondary N) is 1. The van der Waals surface area contributed by atoms with E-state index in [1.165, 1.54) is 0 Å². The number of hydrogen-bond donors (Lipinski definition) is 1. The highest BCUT2D eigenvalue weighted by Gasteiger charge is 2.21. The number of benzene rings is 3. The summed E-state index contributed by atoms with van der Waals surface area (Å²) in [4.78, 5) is 25.3. The van der Waals surface area contributed by atoms with Gasteiger partial charge >= 0.3 is 5.97 Å². The standard InChI is InChI=1S/C28H27N3O4/c1-18(2)34-25(32)17-24(20-10-5-4-6-11-20)29-26(33)21-13-15-22(16-14-21)27-30-31-28(35-27)23-12-8-7-9-19(23)3/h4-16,18,24H,17H2,1-3H3,(H,29,33). The maximum Gasteiger partial charge on any atom is 0.308 e. The Morgan fingerprint density at radius 3 is 2.23 bits per heavy atom. The van der Waals surface area contributed by atoms with Crippen LogP contribution in [0.2, 0.25) is 0 Å². The third kappa shape index (κ3) is 6.00. The van der Waals surface area contributed by atoms with E-state index in [4.69, 9.17) is 9.15 Å². The van der Waals surface area contributed by atoms with Crippen LogP contribution in [-0.4, -0.2) is 28.2 Å². The Morgan fingerprint density at radius 2 is 1.54 bits per heavy atom. The van der Waals surface area contributed by atoms with Gasteiger partial charge in [-0.05, 0) is 62.2 Å². The Kier molecular flexibility index (Phi) is 7.35. The number of rotatable bonds is 8. The van der Waals surface area contributed by atoms with Crippen molar-refractivity contribution >= 4 is 11.9 Å². The van der Waals surface area contributed by atoms with Crippen molar-refractivity contribution in [2.75, 3.05) is 0 Å². The molecule has 0 radical (unpaired) electrons. The number of esters is 1. The van der Waals surface area contributed by atoms with E-state index in [2.05, 4.69) is 15.5 Å². The fourth-order valence-corrected chi connectivity index (χ4v) is 3.68. The zero-order chi connectivity index (χ0) is 24.8. The van der Waals surface area contributed by atoms with E-state index in [1.807, 2.05) is 61.5 Å². The lowest BCUT2D eigenvalue weighted by Gasteiger charge is -2.19. The molecule has 178 valence electrons. The molecule has 0 saturated heterocycles. The zero-order valence-electron chi connectivity index (χ0n) is 19.9. The summed E-state index contributed by atoms with van der Waals surface area (Å²) in [5.41, 5.74) is 3.90. The monoisotopic (exact) mass is 469 g/mol. The summed E-state index contributed by atoms with van der Waals surface area (Å²) in [6.07, 6.45) is -0.187. The number of aromatic nitrogens is 2. The van der Waals surface area contributed by atoms with Gasteiger partial charge in [-0.1, -0.05) is 48.5 Å². The van der Waals surface area contributed by atoms with Crippen molar-refractivity contribution in [1.29, 1.82) is 0 Å². The van der Waals surface area contributed by atoms with Crippen LogP contribution in [0.1, 0.15) is 47.8 Å². The smallest absolute Gasteiger partial charge is 0.308 e. The topological polar surface area (TPSA) is 94.3 Å². The molecule has 7 heteroatoms. The maximum absolute atomic E-state index is 13.0. The van der Waals surface area contributed by atoms with Gasteiger partial charge in [0.2, 0.25) is 11.8 Å². The molecule has 4 rings (SSSR count). The summed E-state index contributed by atoms with van der Waals surface area (Å²) in [6.45, 7) is 5.57. The average molecular weight is 470 g/mol. The summed E-state index contributed by atoms with van der Waals surface area (Å²) in [5, 5.41) is 11.3. The molecular weight excluding hydrogens is 442 g/mol. The molecule has 1 amide bonds.